The van der Waals surface area contributed by atoms with Gasteiger partial charge in [-0.2, -0.15) is 0 Å². The number of carbonyl (C=O) groups is 1. The molecule has 5 heteroatoms. The summed E-state index contributed by atoms with van der Waals surface area (Å²) in [4.78, 5) is 14.4. The number of morpholine rings is 1. The second kappa shape index (κ2) is 6.91. The van der Waals surface area contributed by atoms with Gasteiger partial charge in [0.1, 0.15) is 0 Å². The Bertz CT molecular complexity index is 463. The average Bonchev–Trinajstić information content (AvgIpc) is 3.07. The summed E-state index contributed by atoms with van der Waals surface area (Å²) in [6, 6.07) is 7.78. The molecule has 0 aromatic heterocycles. The number of hydrogen-bond acceptors (Lipinski definition) is 4. The first kappa shape index (κ1) is 14.4. The van der Waals surface area contributed by atoms with Crippen molar-refractivity contribution in [3.8, 4) is 0 Å². The van der Waals surface area contributed by atoms with Crippen LogP contribution < -0.4 is 10.2 Å². The van der Waals surface area contributed by atoms with Gasteiger partial charge in [0.2, 0.25) is 0 Å². The van der Waals surface area contributed by atoms with E-state index in [1.807, 2.05) is 24.3 Å². The highest BCUT2D eigenvalue weighted by Gasteiger charge is 2.17. The van der Waals surface area contributed by atoms with Crippen LogP contribution >= 0.6 is 0 Å². The SMILES string of the molecule is O=C(NC[C@H]1CCCO1)c1ccc(N2CCOCC2)cc1. The number of nitrogens with zero attached hydrogens (tertiary/aromatic N) is 1. The lowest BCUT2D eigenvalue weighted by Crippen LogP contribution is -2.36. The lowest BCUT2D eigenvalue weighted by Gasteiger charge is -2.28. The number of hydrogen-bond donors (Lipinski definition) is 1. The molecule has 0 radical (unpaired) electrons. The summed E-state index contributed by atoms with van der Waals surface area (Å²) in [7, 11) is 0. The van der Waals surface area contributed by atoms with Gasteiger partial charge in [-0.05, 0) is 37.1 Å². The molecule has 0 saturated carbocycles. The van der Waals surface area contributed by atoms with Crippen molar-refractivity contribution in [1.29, 1.82) is 0 Å². The molecule has 3 rings (SSSR count). The van der Waals surface area contributed by atoms with Crippen LogP contribution in [0.2, 0.25) is 0 Å². The maximum atomic E-state index is 12.1. The molecular weight excluding hydrogens is 268 g/mol. The summed E-state index contributed by atoms with van der Waals surface area (Å²) in [5, 5.41) is 2.94. The Morgan fingerprint density at radius 2 is 1.95 bits per heavy atom. The zero-order valence-corrected chi connectivity index (χ0v) is 12.2. The molecule has 21 heavy (non-hydrogen) atoms. The Morgan fingerprint density at radius 3 is 2.62 bits per heavy atom. The molecule has 2 fully saturated rings. The van der Waals surface area contributed by atoms with Gasteiger partial charge in [0.05, 0.1) is 19.3 Å². The van der Waals surface area contributed by atoms with Crippen LogP contribution in [0.4, 0.5) is 5.69 Å². The van der Waals surface area contributed by atoms with Crippen molar-refractivity contribution in [3.63, 3.8) is 0 Å². The van der Waals surface area contributed by atoms with E-state index in [4.69, 9.17) is 9.47 Å². The van der Waals surface area contributed by atoms with E-state index in [-0.39, 0.29) is 12.0 Å². The third-order valence-corrected chi connectivity index (χ3v) is 4.02. The summed E-state index contributed by atoms with van der Waals surface area (Å²) in [6.45, 7) is 4.77. The summed E-state index contributed by atoms with van der Waals surface area (Å²) < 4.78 is 10.9. The highest BCUT2D eigenvalue weighted by Crippen LogP contribution is 2.17. The molecule has 0 aliphatic carbocycles. The van der Waals surface area contributed by atoms with Crippen LogP contribution in [0.15, 0.2) is 24.3 Å². The van der Waals surface area contributed by atoms with Crippen molar-refractivity contribution in [2.24, 2.45) is 0 Å². The zero-order chi connectivity index (χ0) is 14.5. The van der Waals surface area contributed by atoms with E-state index in [9.17, 15) is 4.79 Å². The van der Waals surface area contributed by atoms with Crippen LogP contribution in [-0.2, 0) is 9.47 Å². The van der Waals surface area contributed by atoms with Crippen LogP contribution in [-0.4, -0.2) is 51.5 Å². The van der Waals surface area contributed by atoms with Crippen LogP contribution in [0.5, 0.6) is 0 Å². The molecule has 0 unspecified atom stereocenters. The van der Waals surface area contributed by atoms with Crippen molar-refractivity contribution in [2.45, 2.75) is 18.9 Å². The standard InChI is InChI=1S/C16H22N2O3/c19-16(17-12-15-2-1-9-21-15)13-3-5-14(6-4-13)18-7-10-20-11-8-18/h3-6,15H,1-2,7-12H2,(H,17,19)/t15-/m1/s1. The van der Waals surface area contributed by atoms with E-state index < -0.39 is 0 Å². The average molecular weight is 290 g/mol. The Balaban J connectivity index is 1.54. The number of amides is 1. The lowest BCUT2D eigenvalue weighted by atomic mass is 10.1. The molecule has 114 valence electrons. The molecule has 1 amide bonds. The maximum Gasteiger partial charge on any atom is 0.251 e. The predicted molar refractivity (Wildman–Crippen MR) is 80.8 cm³/mol. The quantitative estimate of drug-likeness (QED) is 0.911. The molecule has 2 aliphatic heterocycles. The molecular formula is C16H22N2O3. The van der Waals surface area contributed by atoms with Gasteiger partial charge in [0, 0.05) is 37.5 Å². The second-order valence-electron chi connectivity index (χ2n) is 5.49. The minimum absolute atomic E-state index is 0.0287. The van der Waals surface area contributed by atoms with E-state index in [1.54, 1.807) is 0 Å². The van der Waals surface area contributed by atoms with E-state index in [0.29, 0.717) is 12.1 Å². The van der Waals surface area contributed by atoms with Gasteiger partial charge in [-0.3, -0.25) is 4.79 Å². The van der Waals surface area contributed by atoms with Crippen LogP contribution in [0.25, 0.3) is 0 Å². The number of carbonyl (C=O) groups excluding carboxylic acids is 1. The third kappa shape index (κ3) is 3.74. The summed E-state index contributed by atoms with van der Waals surface area (Å²) in [5.41, 5.74) is 1.85. The third-order valence-electron chi connectivity index (χ3n) is 4.02. The first-order valence-corrected chi connectivity index (χ1v) is 7.65. The van der Waals surface area contributed by atoms with Gasteiger partial charge < -0.3 is 19.7 Å². The molecule has 1 N–H and O–H groups in total. The molecule has 2 heterocycles. The molecule has 5 nitrogen and oxygen atoms in total. The number of anilines is 1. The first-order valence-electron chi connectivity index (χ1n) is 7.65. The fourth-order valence-electron chi connectivity index (χ4n) is 2.76. The van der Waals surface area contributed by atoms with Crippen molar-refractivity contribution in [2.75, 3.05) is 44.4 Å². The van der Waals surface area contributed by atoms with Gasteiger partial charge in [-0.1, -0.05) is 0 Å². The van der Waals surface area contributed by atoms with Crippen molar-refractivity contribution < 1.29 is 14.3 Å². The van der Waals surface area contributed by atoms with Gasteiger partial charge in [0.25, 0.3) is 5.91 Å². The molecule has 1 atom stereocenters. The molecule has 1 aromatic carbocycles. The maximum absolute atomic E-state index is 12.1. The topological polar surface area (TPSA) is 50.8 Å². The Hall–Kier alpha value is -1.59. The second-order valence-corrected chi connectivity index (χ2v) is 5.49. The fraction of sp³-hybridized carbons (Fsp3) is 0.562. The number of nitrogens with one attached hydrogen (secondary N) is 1. The number of ether oxygens (including phenoxy) is 2. The van der Waals surface area contributed by atoms with Crippen molar-refractivity contribution >= 4 is 11.6 Å². The molecule has 2 aliphatic rings. The van der Waals surface area contributed by atoms with Crippen LogP contribution in [0.1, 0.15) is 23.2 Å². The highest BCUT2D eigenvalue weighted by atomic mass is 16.5. The van der Waals surface area contributed by atoms with Crippen LogP contribution in [0.3, 0.4) is 0 Å². The largest absolute Gasteiger partial charge is 0.378 e. The summed E-state index contributed by atoms with van der Waals surface area (Å²) >= 11 is 0. The van der Waals surface area contributed by atoms with Gasteiger partial charge in [0.15, 0.2) is 0 Å². The van der Waals surface area contributed by atoms with Gasteiger partial charge in [-0.15, -0.1) is 0 Å². The molecule has 2 saturated heterocycles. The van der Waals surface area contributed by atoms with E-state index >= 15 is 0 Å². The van der Waals surface area contributed by atoms with E-state index in [2.05, 4.69) is 10.2 Å². The normalized spacial score (nSPS) is 22.3. The minimum Gasteiger partial charge on any atom is -0.378 e. The summed E-state index contributed by atoms with van der Waals surface area (Å²) in [5.74, 6) is -0.0287. The molecule has 0 spiro atoms. The zero-order valence-electron chi connectivity index (χ0n) is 12.2. The molecule has 0 bridgehead atoms. The van der Waals surface area contributed by atoms with Gasteiger partial charge >= 0.3 is 0 Å². The fourth-order valence-corrected chi connectivity index (χ4v) is 2.76. The van der Waals surface area contributed by atoms with Crippen LogP contribution in [0, 0.1) is 0 Å². The Labute approximate surface area is 125 Å². The highest BCUT2D eigenvalue weighted by molar-refractivity contribution is 5.94. The predicted octanol–water partition coefficient (Wildman–Crippen LogP) is 1.43. The monoisotopic (exact) mass is 290 g/mol. The van der Waals surface area contributed by atoms with E-state index in [0.717, 1.165) is 51.4 Å². The first-order chi connectivity index (χ1) is 10.3. The van der Waals surface area contributed by atoms with E-state index in [1.165, 1.54) is 0 Å². The van der Waals surface area contributed by atoms with Gasteiger partial charge in [-0.25, -0.2) is 0 Å². The number of rotatable bonds is 4. The van der Waals surface area contributed by atoms with Crippen molar-refractivity contribution in [1.82, 2.24) is 5.32 Å². The van der Waals surface area contributed by atoms with Crippen molar-refractivity contribution in [3.05, 3.63) is 29.8 Å². The number of benzene rings is 1. The summed E-state index contributed by atoms with van der Waals surface area (Å²) in [6.07, 6.45) is 2.31. The Morgan fingerprint density at radius 1 is 1.19 bits per heavy atom. The lowest BCUT2D eigenvalue weighted by molar-refractivity contribution is 0.0858. The molecule has 1 aromatic rings. The smallest absolute Gasteiger partial charge is 0.251 e. The minimum atomic E-state index is -0.0287. The Kier molecular flexibility index (Phi) is 4.72.